The third kappa shape index (κ3) is 5.50. The lowest BCUT2D eigenvalue weighted by Crippen LogP contribution is -2.13. The molecule has 1 aromatic carbocycles. The third-order valence-corrected chi connectivity index (χ3v) is 5.48. The van der Waals surface area contributed by atoms with Gasteiger partial charge in [0.25, 0.3) is 0 Å². The van der Waals surface area contributed by atoms with Crippen LogP contribution in [-0.4, -0.2) is 10.0 Å². The fourth-order valence-electron chi connectivity index (χ4n) is 3.94. The molecule has 0 unspecified atom stereocenters. The summed E-state index contributed by atoms with van der Waals surface area (Å²) in [5.74, 6) is 1.00. The molecule has 0 atom stereocenters. The van der Waals surface area contributed by atoms with Gasteiger partial charge >= 0.3 is 5.69 Å². The summed E-state index contributed by atoms with van der Waals surface area (Å²) in [6.45, 7) is 2.25. The summed E-state index contributed by atoms with van der Waals surface area (Å²) in [5, 5.41) is 20.5. The average molecular weight is 333 g/mol. The highest BCUT2D eigenvalue weighted by Gasteiger charge is 2.24. The molecule has 0 radical (unpaired) electrons. The molecule has 2 rings (SSSR count). The summed E-state index contributed by atoms with van der Waals surface area (Å²) in [4.78, 5) is 10.5. The molecule has 0 aromatic heterocycles. The van der Waals surface area contributed by atoms with E-state index in [2.05, 4.69) is 6.92 Å². The van der Waals surface area contributed by atoms with E-state index in [1.165, 1.54) is 63.9 Å². The van der Waals surface area contributed by atoms with Crippen LogP contribution in [0.4, 0.5) is 5.69 Å². The second-order valence-corrected chi connectivity index (χ2v) is 7.28. The van der Waals surface area contributed by atoms with Crippen LogP contribution in [-0.2, 0) is 0 Å². The number of nitrogens with zero attached hydrogens (tertiary/aromatic N) is 1. The van der Waals surface area contributed by atoms with Crippen LogP contribution in [0.1, 0.15) is 89.0 Å². The number of hydrogen-bond donors (Lipinski definition) is 1. The van der Waals surface area contributed by atoms with Gasteiger partial charge in [-0.1, -0.05) is 57.9 Å². The van der Waals surface area contributed by atoms with Crippen molar-refractivity contribution in [2.75, 3.05) is 0 Å². The standard InChI is InChI=1S/C20H31NO3/c1-2-3-4-5-6-7-8-16-9-11-17(12-10-16)18-13-14-20(22)19(15-18)21(23)24/h13-17,22H,2-12H2,1H3. The zero-order valence-corrected chi connectivity index (χ0v) is 14.9. The summed E-state index contributed by atoms with van der Waals surface area (Å²) in [5.41, 5.74) is 0.846. The predicted octanol–water partition coefficient (Wildman–Crippen LogP) is 6.32. The highest BCUT2D eigenvalue weighted by Crippen LogP contribution is 2.40. The minimum absolute atomic E-state index is 0.165. The van der Waals surface area contributed by atoms with Crippen molar-refractivity contribution in [3.8, 4) is 5.75 Å². The van der Waals surface area contributed by atoms with E-state index >= 15 is 0 Å². The van der Waals surface area contributed by atoms with Gasteiger partial charge in [0.15, 0.2) is 5.75 Å². The molecule has 0 heterocycles. The van der Waals surface area contributed by atoms with Gasteiger partial charge in [0.05, 0.1) is 4.92 Å². The Morgan fingerprint density at radius 1 is 1.08 bits per heavy atom. The number of unbranched alkanes of at least 4 members (excludes halogenated alkanes) is 5. The van der Waals surface area contributed by atoms with Gasteiger partial charge in [-0.2, -0.15) is 0 Å². The van der Waals surface area contributed by atoms with E-state index in [9.17, 15) is 15.2 Å². The number of nitro groups is 1. The van der Waals surface area contributed by atoms with E-state index in [4.69, 9.17) is 0 Å². The number of benzene rings is 1. The smallest absolute Gasteiger partial charge is 0.310 e. The quantitative estimate of drug-likeness (QED) is 0.326. The second-order valence-electron chi connectivity index (χ2n) is 7.28. The van der Waals surface area contributed by atoms with Gasteiger partial charge in [-0.25, -0.2) is 0 Å². The van der Waals surface area contributed by atoms with Gasteiger partial charge in [0, 0.05) is 6.07 Å². The van der Waals surface area contributed by atoms with Gasteiger partial charge in [-0.15, -0.1) is 0 Å². The molecule has 1 aliphatic rings. The molecule has 0 bridgehead atoms. The Morgan fingerprint density at radius 2 is 1.75 bits per heavy atom. The van der Waals surface area contributed by atoms with E-state index in [0.29, 0.717) is 5.92 Å². The van der Waals surface area contributed by atoms with Crippen molar-refractivity contribution in [2.24, 2.45) is 5.92 Å². The van der Waals surface area contributed by atoms with Gasteiger partial charge in [-0.05, 0) is 49.1 Å². The summed E-state index contributed by atoms with van der Waals surface area (Å²) in [6.07, 6.45) is 14.2. The van der Waals surface area contributed by atoms with Gasteiger partial charge in [0.1, 0.15) is 0 Å². The lowest BCUT2D eigenvalue weighted by molar-refractivity contribution is -0.385. The van der Waals surface area contributed by atoms with Gasteiger partial charge in [-0.3, -0.25) is 10.1 Å². The van der Waals surface area contributed by atoms with Crippen molar-refractivity contribution < 1.29 is 10.0 Å². The minimum Gasteiger partial charge on any atom is -0.502 e. The molecular weight excluding hydrogens is 302 g/mol. The molecule has 1 saturated carbocycles. The summed E-state index contributed by atoms with van der Waals surface area (Å²) >= 11 is 0. The first-order valence-corrected chi connectivity index (χ1v) is 9.59. The van der Waals surface area contributed by atoms with Crippen molar-refractivity contribution in [1.82, 2.24) is 0 Å². The Kier molecular flexibility index (Phi) is 7.54. The Bertz CT molecular complexity index is 522. The third-order valence-electron chi connectivity index (χ3n) is 5.48. The average Bonchev–Trinajstić information content (AvgIpc) is 2.59. The fourth-order valence-corrected chi connectivity index (χ4v) is 3.94. The molecule has 134 valence electrons. The highest BCUT2D eigenvalue weighted by molar-refractivity contribution is 5.48. The van der Waals surface area contributed by atoms with E-state index in [-0.39, 0.29) is 11.4 Å². The van der Waals surface area contributed by atoms with Crippen molar-refractivity contribution in [3.63, 3.8) is 0 Å². The second kappa shape index (κ2) is 9.65. The van der Waals surface area contributed by atoms with E-state index in [1.54, 1.807) is 6.07 Å². The van der Waals surface area contributed by atoms with Crippen LogP contribution in [0.3, 0.4) is 0 Å². The molecule has 0 saturated heterocycles. The number of aromatic hydroxyl groups is 1. The lowest BCUT2D eigenvalue weighted by Gasteiger charge is -2.28. The minimum atomic E-state index is -0.497. The topological polar surface area (TPSA) is 63.4 Å². The molecule has 1 fully saturated rings. The van der Waals surface area contributed by atoms with Crippen LogP contribution in [0.25, 0.3) is 0 Å². The maximum absolute atomic E-state index is 11.0. The molecule has 1 aliphatic carbocycles. The SMILES string of the molecule is CCCCCCCCC1CCC(c2ccc(O)c([N+](=O)[O-])c2)CC1. The van der Waals surface area contributed by atoms with E-state index < -0.39 is 4.92 Å². The lowest BCUT2D eigenvalue weighted by atomic mass is 9.77. The van der Waals surface area contributed by atoms with Crippen LogP contribution < -0.4 is 0 Å². The number of nitro benzene ring substituents is 1. The first-order valence-electron chi connectivity index (χ1n) is 9.59. The number of phenolic OH excluding ortho intramolecular Hbond substituents is 1. The van der Waals surface area contributed by atoms with Crippen LogP contribution >= 0.6 is 0 Å². The largest absolute Gasteiger partial charge is 0.502 e. The molecular formula is C20H31NO3. The molecule has 1 N–H and O–H groups in total. The van der Waals surface area contributed by atoms with E-state index in [1.807, 2.05) is 6.07 Å². The van der Waals surface area contributed by atoms with Crippen molar-refractivity contribution in [1.29, 1.82) is 0 Å². The Balaban J connectivity index is 1.74. The first kappa shape index (κ1) is 18.8. The normalized spacial score (nSPS) is 20.9. The number of rotatable bonds is 9. The molecule has 0 aliphatic heterocycles. The summed E-state index contributed by atoms with van der Waals surface area (Å²) in [6, 6.07) is 4.88. The van der Waals surface area contributed by atoms with E-state index in [0.717, 1.165) is 24.3 Å². The molecule has 4 heteroatoms. The molecule has 24 heavy (non-hydrogen) atoms. The Labute approximate surface area is 145 Å². The zero-order chi connectivity index (χ0) is 17.4. The molecule has 4 nitrogen and oxygen atoms in total. The number of phenols is 1. The Hall–Kier alpha value is -1.58. The Morgan fingerprint density at radius 3 is 2.42 bits per heavy atom. The molecule has 0 amide bonds. The predicted molar refractivity (Wildman–Crippen MR) is 97.5 cm³/mol. The van der Waals surface area contributed by atoms with Crippen LogP contribution in [0, 0.1) is 16.0 Å². The van der Waals surface area contributed by atoms with Gasteiger partial charge < -0.3 is 5.11 Å². The highest BCUT2D eigenvalue weighted by atomic mass is 16.6. The molecule has 0 spiro atoms. The maximum atomic E-state index is 11.0. The van der Waals surface area contributed by atoms with Crippen molar-refractivity contribution in [3.05, 3.63) is 33.9 Å². The summed E-state index contributed by atoms with van der Waals surface area (Å²) < 4.78 is 0. The number of hydrogen-bond acceptors (Lipinski definition) is 3. The summed E-state index contributed by atoms with van der Waals surface area (Å²) in [7, 11) is 0. The van der Waals surface area contributed by atoms with Crippen LogP contribution in [0.5, 0.6) is 5.75 Å². The fraction of sp³-hybridized carbons (Fsp3) is 0.700. The van der Waals surface area contributed by atoms with Crippen molar-refractivity contribution in [2.45, 2.75) is 83.5 Å². The maximum Gasteiger partial charge on any atom is 0.310 e. The van der Waals surface area contributed by atoms with Crippen LogP contribution in [0.15, 0.2) is 18.2 Å². The first-order chi connectivity index (χ1) is 11.6. The monoisotopic (exact) mass is 333 g/mol. The van der Waals surface area contributed by atoms with Gasteiger partial charge in [0.2, 0.25) is 0 Å². The van der Waals surface area contributed by atoms with Crippen LogP contribution in [0.2, 0.25) is 0 Å². The van der Waals surface area contributed by atoms with Crippen molar-refractivity contribution >= 4 is 5.69 Å². The molecule has 1 aromatic rings. The zero-order valence-electron chi connectivity index (χ0n) is 14.9.